The lowest BCUT2D eigenvalue weighted by molar-refractivity contribution is 0.0992. The molecule has 2 saturated heterocycles. The number of pyridine rings is 1. The molecule has 2 aliphatic rings. The average Bonchev–Trinajstić information content (AvgIpc) is 4.09. The highest BCUT2D eigenvalue weighted by atomic mass is 16.5. The minimum Gasteiger partial charge on any atom is -0.395 e. The first-order valence-electron chi connectivity index (χ1n) is 20.5. The number of hydrogen-bond donors (Lipinski definition) is 6. The van der Waals surface area contributed by atoms with Crippen molar-refractivity contribution in [2.75, 3.05) is 61.1 Å². The summed E-state index contributed by atoms with van der Waals surface area (Å²) in [7, 11) is 0. The van der Waals surface area contributed by atoms with Crippen LogP contribution in [0, 0.1) is 25.7 Å². The number of primary amides is 2. The van der Waals surface area contributed by atoms with Crippen molar-refractivity contribution in [3.63, 3.8) is 0 Å². The number of carbonyl (C=O) groups is 4. The van der Waals surface area contributed by atoms with Crippen molar-refractivity contribution in [3.05, 3.63) is 76.5 Å². The Labute approximate surface area is 355 Å². The number of likely N-dealkylation sites (tertiary alicyclic amines) is 1. The summed E-state index contributed by atoms with van der Waals surface area (Å²) >= 11 is 0. The molecule has 0 unspecified atom stereocenters. The molecule has 0 aliphatic carbocycles. The van der Waals surface area contributed by atoms with Gasteiger partial charge in [-0.05, 0) is 52.0 Å². The highest BCUT2D eigenvalue weighted by Crippen LogP contribution is 2.32. The maximum absolute atomic E-state index is 13.8. The van der Waals surface area contributed by atoms with Crippen molar-refractivity contribution in [2.45, 2.75) is 53.9 Å². The van der Waals surface area contributed by atoms with Crippen LogP contribution < -0.4 is 33.2 Å². The number of rotatable bonds is 16. The lowest BCUT2D eigenvalue weighted by atomic mass is 10.0. The molecule has 21 nitrogen and oxygen atoms in total. The van der Waals surface area contributed by atoms with Gasteiger partial charge in [0.15, 0.2) is 5.65 Å². The standard InChI is InChI=1S/C41H50N16O5/c1-5-56-31(13-22(3)51-56)38(60)49-40-47-29-15-24(35(43)58)14-28(45-9-12-53-18-26-20-62-21-27(26)19-53)33(29)54(40)10-7-8-11-55-37-30(16-25(17-46-37)36(44)59)48-41(55)50-39(61)34-32(42)23(4)52-57(34)6-2/h7-8,13-17,26-27,45H,5-6,9-12,18-21,42H2,1-4H3,(H2,43,58)(H2,44,59)(H,47,49,60)(H,48,50,61)/b8-7+/t26-,27+. The number of carbonyl (C=O) groups excluding carboxylic acids is 4. The summed E-state index contributed by atoms with van der Waals surface area (Å²) in [5.41, 5.74) is 22.5. The Morgan fingerprint density at radius 3 is 2.16 bits per heavy atom. The van der Waals surface area contributed by atoms with E-state index in [1.807, 2.05) is 37.5 Å². The molecule has 2 aliphatic heterocycles. The number of hydrogen-bond acceptors (Lipinski definition) is 13. The fourth-order valence-electron chi connectivity index (χ4n) is 8.27. The SMILES string of the molecule is CCn1nc(C)cc1C(=O)Nc1nc2cc(C(N)=O)cc(NCCN3C[C@H]4COC[C@H]4C3)c2n1C/C=C/Cn1c(NC(=O)c2c(N)c(C)nn2CC)nc2cc(C(N)=O)cnc21. The molecule has 2 fully saturated rings. The quantitative estimate of drug-likeness (QED) is 0.0765. The Bertz CT molecular complexity index is 2750. The van der Waals surface area contributed by atoms with Crippen molar-refractivity contribution in [1.29, 1.82) is 0 Å². The smallest absolute Gasteiger partial charge is 0.278 e. The molecule has 8 rings (SSSR count). The summed E-state index contributed by atoms with van der Waals surface area (Å²) in [5, 5.41) is 18.2. The Morgan fingerprint density at radius 2 is 1.47 bits per heavy atom. The molecule has 5 aromatic heterocycles. The van der Waals surface area contributed by atoms with Crippen LogP contribution in [-0.4, -0.2) is 112 Å². The van der Waals surface area contributed by atoms with Gasteiger partial charge in [0.1, 0.15) is 16.9 Å². The molecular formula is C41H50N16O5. The van der Waals surface area contributed by atoms with Crippen LogP contribution in [0.25, 0.3) is 22.2 Å². The highest BCUT2D eigenvalue weighted by molar-refractivity contribution is 6.07. The largest absolute Gasteiger partial charge is 0.395 e. The second kappa shape index (κ2) is 17.1. The zero-order valence-electron chi connectivity index (χ0n) is 35.0. The molecule has 0 spiro atoms. The van der Waals surface area contributed by atoms with Crippen LogP contribution in [0.1, 0.15) is 66.9 Å². The van der Waals surface area contributed by atoms with Crippen LogP contribution >= 0.6 is 0 Å². The van der Waals surface area contributed by atoms with Gasteiger partial charge in [-0.15, -0.1) is 0 Å². The van der Waals surface area contributed by atoms with Crippen molar-refractivity contribution in [3.8, 4) is 0 Å². The van der Waals surface area contributed by atoms with Gasteiger partial charge in [0.2, 0.25) is 23.7 Å². The number of aromatic nitrogens is 9. The summed E-state index contributed by atoms with van der Waals surface area (Å²) < 4.78 is 12.3. The minimum absolute atomic E-state index is 0.146. The van der Waals surface area contributed by atoms with E-state index in [9.17, 15) is 19.2 Å². The highest BCUT2D eigenvalue weighted by Gasteiger charge is 2.36. The molecule has 1 aromatic carbocycles. The van der Waals surface area contributed by atoms with Gasteiger partial charge in [-0.1, -0.05) is 12.2 Å². The first kappa shape index (κ1) is 41.6. The van der Waals surface area contributed by atoms with Crippen LogP contribution in [0.2, 0.25) is 0 Å². The molecule has 7 heterocycles. The van der Waals surface area contributed by atoms with Gasteiger partial charge < -0.3 is 36.7 Å². The van der Waals surface area contributed by atoms with Crippen LogP contribution in [0.3, 0.4) is 0 Å². The van der Waals surface area contributed by atoms with E-state index in [0.29, 0.717) is 76.4 Å². The number of imidazole rings is 2. The third-order valence-electron chi connectivity index (χ3n) is 11.4. The van der Waals surface area contributed by atoms with Crippen LogP contribution in [0.4, 0.5) is 23.3 Å². The molecule has 0 saturated carbocycles. The molecule has 0 radical (unpaired) electrons. The van der Waals surface area contributed by atoms with Crippen molar-refractivity contribution in [2.24, 2.45) is 23.3 Å². The lowest BCUT2D eigenvalue weighted by Crippen LogP contribution is -2.28. The van der Waals surface area contributed by atoms with Crippen molar-refractivity contribution in [1.82, 2.24) is 48.5 Å². The van der Waals surface area contributed by atoms with E-state index in [-0.39, 0.29) is 47.5 Å². The monoisotopic (exact) mass is 846 g/mol. The first-order valence-corrected chi connectivity index (χ1v) is 20.5. The van der Waals surface area contributed by atoms with Crippen LogP contribution in [0.5, 0.6) is 0 Å². The van der Waals surface area contributed by atoms with E-state index >= 15 is 0 Å². The maximum atomic E-state index is 13.8. The topological polar surface area (TPSA) is 279 Å². The molecule has 0 bridgehead atoms. The number of nitrogen functional groups attached to an aromatic ring is 1. The number of ether oxygens (including phenoxy) is 1. The number of fused-ring (bicyclic) bond motifs is 3. The van der Waals surface area contributed by atoms with Gasteiger partial charge in [0.05, 0.1) is 52.6 Å². The zero-order valence-corrected chi connectivity index (χ0v) is 35.0. The van der Waals surface area contributed by atoms with Crippen LogP contribution in [0.15, 0.2) is 42.6 Å². The lowest BCUT2D eigenvalue weighted by Gasteiger charge is -2.18. The minimum atomic E-state index is -0.676. The van der Waals surface area contributed by atoms with E-state index in [4.69, 9.17) is 26.9 Å². The van der Waals surface area contributed by atoms with E-state index in [0.717, 1.165) is 32.8 Å². The predicted molar refractivity (Wildman–Crippen MR) is 232 cm³/mol. The Balaban J connectivity index is 1.13. The summed E-state index contributed by atoms with van der Waals surface area (Å²) in [6.07, 6.45) is 5.07. The number of anilines is 4. The number of allylic oxidation sites excluding steroid dienone is 2. The number of aryl methyl sites for hydroxylation is 4. The van der Waals surface area contributed by atoms with E-state index in [1.165, 1.54) is 16.9 Å². The zero-order chi connectivity index (χ0) is 43.8. The number of nitrogens with zero attached hydrogens (tertiary/aromatic N) is 10. The Hall–Kier alpha value is -7.13. The third-order valence-corrected chi connectivity index (χ3v) is 11.4. The fraction of sp³-hybridized carbons (Fsp3) is 0.390. The fourth-order valence-corrected chi connectivity index (χ4v) is 8.27. The number of nitrogens with two attached hydrogens (primary N) is 3. The average molecular weight is 847 g/mol. The molecule has 324 valence electrons. The van der Waals surface area contributed by atoms with Gasteiger partial charge >= 0.3 is 0 Å². The van der Waals surface area contributed by atoms with E-state index < -0.39 is 23.6 Å². The van der Waals surface area contributed by atoms with E-state index in [2.05, 4.69) is 41.0 Å². The number of nitrogens with one attached hydrogen (secondary N) is 3. The molecule has 9 N–H and O–H groups in total. The van der Waals surface area contributed by atoms with Gasteiger partial charge in [-0.25, -0.2) is 15.0 Å². The molecule has 62 heavy (non-hydrogen) atoms. The van der Waals surface area contributed by atoms with Gasteiger partial charge in [-0.3, -0.25) is 43.7 Å². The van der Waals surface area contributed by atoms with Crippen molar-refractivity contribution < 1.29 is 23.9 Å². The van der Waals surface area contributed by atoms with E-state index in [1.54, 1.807) is 34.4 Å². The van der Waals surface area contributed by atoms with Gasteiger partial charge in [0, 0.05) is 76.0 Å². The second-order valence-corrected chi connectivity index (χ2v) is 15.6. The Kier molecular flexibility index (Phi) is 11.5. The number of amides is 4. The molecule has 4 amide bonds. The Morgan fingerprint density at radius 1 is 0.823 bits per heavy atom. The molecule has 21 heteroatoms. The third kappa shape index (κ3) is 8.06. The summed E-state index contributed by atoms with van der Waals surface area (Å²) in [6.45, 7) is 13.4. The van der Waals surface area contributed by atoms with Gasteiger partial charge in [0.25, 0.3) is 11.8 Å². The molecular weight excluding hydrogens is 797 g/mol. The van der Waals surface area contributed by atoms with Gasteiger partial charge in [-0.2, -0.15) is 10.2 Å². The summed E-state index contributed by atoms with van der Waals surface area (Å²) in [4.78, 5) is 68.5. The first-order chi connectivity index (χ1) is 29.8. The summed E-state index contributed by atoms with van der Waals surface area (Å²) in [5.74, 6) is -0.772. The maximum Gasteiger partial charge on any atom is 0.278 e. The van der Waals surface area contributed by atoms with Crippen molar-refractivity contribution >= 4 is 69.1 Å². The normalized spacial score (nSPS) is 16.5. The molecule has 2 atom stereocenters. The number of benzene rings is 1. The summed E-state index contributed by atoms with van der Waals surface area (Å²) in [6, 6.07) is 6.53. The second-order valence-electron chi connectivity index (χ2n) is 15.6. The van der Waals surface area contributed by atoms with Crippen LogP contribution in [-0.2, 0) is 30.9 Å². The predicted octanol–water partition coefficient (Wildman–Crippen LogP) is 2.36. The molecule has 6 aromatic rings.